The van der Waals surface area contributed by atoms with Crippen molar-refractivity contribution in [1.82, 2.24) is 14.9 Å². The normalized spacial score (nSPS) is 10.8. The van der Waals surface area contributed by atoms with E-state index in [-0.39, 0.29) is 11.5 Å². The Morgan fingerprint density at radius 3 is 2.74 bits per heavy atom. The predicted octanol–water partition coefficient (Wildman–Crippen LogP) is 2.84. The monoisotopic (exact) mass is 365 g/mol. The highest BCUT2D eigenvalue weighted by molar-refractivity contribution is 5.97. The van der Waals surface area contributed by atoms with E-state index in [0.717, 1.165) is 16.8 Å². The Kier molecular flexibility index (Phi) is 5.54. The van der Waals surface area contributed by atoms with E-state index in [1.54, 1.807) is 29.7 Å². The molecule has 6 nitrogen and oxygen atoms in total. The van der Waals surface area contributed by atoms with Gasteiger partial charge >= 0.3 is 0 Å². The zero-order valence-electron chi connectivity index (χ0n) is 15.8. The fraction of sp³-hybridized carbons (Fsp3) is 0.286. The van der Waals surface area contributed by atoms with Gasteiger partial charge in [-0.25, -0.2) is 4.98 Å². The van der Waals surface area contributed by atoms with Crippen LogP contribution in [0.5, 0.6) is 5.75 Å². The van der Waals surface area contributed by atoms with Crippen molar-refractivity contribution in [2.24, 2.45) is 0 Å². The molecule has 1 heterocycles. The molecular formula is C21H23N3O3. The number of ether oxygens (including phenoxy) is 1. The number of aromatic nitrogens is 2. The molecule has 0 aliphatic carbocycles. The minimum Gasteiger partial charge on any atom is -0.492 e. The maximum absolute atomic E-state index is 12.4. The highest BCUT2D eigenvalue weighted by Gasteiger charge is 2.11. The minimum atomic E-state index is -0.196. The van der Waals surface area contributed by atoms with Crippen LogP contribution in [0.3, 0.4) is 0 Å². The first-order valence-corrected chi connectivity index (χ1v) is 8.98. The molecule has 140 valence electrons. The third-order valence-corrected chi connectivity index (χ3v) is 4.33. The van der Waals surface area contributed by atoms with Gasteiger partial charge in [-0.15, -0.1) is 0 Å². The molecule has 1 amide bonds. The molecule has 0 saturated carbocycles. The zero-order chi connectivity index (χ0) is 19.4. The summed E-state index contributed by atoms with van der Waals surface area (Å²) in [6.07, 6.45) is 0. The van der Waals surface area contributed by atoms with Gasteiger partial charge in [0.05, 0.1) is 17.6 Å². The van der Waals surface area contributed by atoms with Crippen molar-refractivity contribution in [3.05, 3.63) is 69.6 Å². The van der Waals surface area contributed by atoms with Crippen LogP contribution in [0, 0.1) is 13.8 Å². The molecular weight excluding hydrogens is 342 g/mol. The fourth-order valence-electron chi connectivity index (χ4n) is 2.97. The first-order chi connectivity index (χ1) is 13.0. The van der Waals surface area contributed by atoms with E-state index in [1.807, 2.05) is 38.1 Å². The number of carbonyl (C=O) groups is 1. The van der Waals surface area contributed by atoms with Crippen LogP contribution in [-0.2, 0) is 6.54 Å². The third kappa shape index (κ3) is 4.16. The Balaban J connectivity index is 1.67. The Labute approximate surface area is 157 Å². The van der Waals surface area contributed by atoms with Crippen LogP contribution < -0.4 is 15.6 Å². The summed E-state index contributed by atoms with van der Waals surface area (Å²) in [5.74, 6) is 0.589. The minimum absolute atomic E-state index is 0.101. The maximum atomic E-state index is 12.4. The molecule has 27 heavy (non-hydrogen) atoms. The highest BCUT2D eigenvalue weighted by Crippen LogP contribution is 2.14. The SMILES string of the molecule is CCn1c(=O)c(C)nc2cc(C(=O)NCCOc3cccc(C)c3)ccc21. The molecule has 0 saturated heterocycles. The van der Waals surface area contributed by atoms with E-state index in [1.165, 1.54) is 0 Å². The number of nitrogens with zero attached hydrogens (tertiary/aromatic N) is 2. The first kappa shape index (κ1) is 18.6. The molecule has 0 bridgehead atoms. The van der Waals surface area contributed by atoms with Crippen molar-refractivity contribution >= 4 is 16.9 Å². The molecule has 0 aliphatic rings. The topological polar surface area (TPSA) is 73.2 Å². The van der Waals surface area contributed by atoms with Crippen molar-refractivity contribution in [1.29, 1.82) is 0 Å². The number of hydrogen-bond donors (Lipinski definition) is 1. The number of rotatable bonds is 6. The lowest BCUT2D eigenvalue weighted by atomic mass is 10.1. The molecule has 0 atom stereocenters. The van der Waals surface area contributed by atoms with Gasteiger partial charge in [-0.1, -0.05) is 12.1 Å². The van der Waals surface area contributed by atoms with E-state index in [4.69, 9.17) is 4.74 Å². The van der Waals surface area contributed by atoms with E-state index in [9.17, 15) is 9.59 Å². The van der Waals surface area contributed by atoms with Crippen LogP contribution >= 0.6 is 0 Å². The summed E-state index contributed by atoms with van der Waals surface area (Å²) >= 11 is 0. The predicted molar refractivity (Wildman–Crippen MR) is 105 cm³/mol. The van der Waals surface area contributed by atoms with Gasteiger partial charge < -0.3 is 14.6 Å². The number of fused-ring (bicyclic) bond motifs is 1. The van der Waals surface area contributed by atoms with Crippen LogP contribution in [0.4, 0.5) is 0 Å². The van der Waals surface area contributed by atoms with Gasteiger partial charge in [-0.3, -0.25) is 9.59 Å². The molecule has 0 aliphatic heterocycles. The van der Waals surface area contributed by atoms with Gasteiger partial charge in [0, 0.05) is 12.1 Å². The van der Waals surface area contributed by atoms with Crippen LogP contribution in [0.1, 0.15) is 28.5 Å². The van der Waals surface area contributed by atoms with E-state index in [0.29, 0.717) is 36.5 Å². The Morgan fingerprint density at radius 1 is 1.19 bits per heavy atom. The molecule has 1 N–H and O–H groups in total. The molecule has 0 spiro atoms. The summed E-state index contributed by atoms with van der Waals surface area (Å²) in [5, 5.41) is 2.84. The number of hydrogen-bond acceptors (Lipinski definition) is 4. The van der Waals surface area contributed by atoms with Crippen LogP contribution in [0.25, 0.3) is 11.0 Å². The number of nitrogens with one attached hydrogen (secondary N) is 1. The highest BCUT2D eigenvalue weighted by atomic mass is 16.5. The summed E-state index contributed by atoms with van der Waals surface area (Å²) in [6, 6.07) is 13.0. The lowest BCUT2D eigenvalue weighted by Crippen LogP contribution is -2.28. The van der Waals surface area contributed by atoms with E-state index in [2.05, 4.69) is 10.3 Å². The lowest BCUT2D eigenvalue weighted by Gasteiger charge is -2.11. The second kappa shape index (κ2) is 8.03. The number of benzene rings is 2. The van der Waals surface area contributed by atoms with Gasteiger partial charge in [0.2, 0.25) is 0 Å². The number of amides is 1. The van der Waals surface area contributed by atoms with Gasteiger partial charge in [0.15, 0.2) is 0 Å². The van der Waals surface area contributed by atoms with Crippen molar-refractivity contribution < 1.29 is 9.53 Å². The molecule has 3 aromatic rings. The summed E-state index contributed by atoms with van der Waals surface area (Å²) < 4.78 is 7.30. The lowest BCUT2D eigenvalue weighted by molar-refractivity contribution is 0.0947. The molecule has 6 heteroatoms. The Hall–Kier alpha value is -3.15. The molecule has 2 aromatic carbocycles. The second-order valence-corrected chi connectivity index (χ2v) is 6.37. The van der Waals surface area contributed by atoms with E-state index >= 15 is 0 Å². The summed E-state index contributed by atoms with van der Waals surface area (Å²) in [6.45, 7) is 6.93. The maximum Gasteiger partial charge on any atom is 0.272 e. The Morgan fingerprint density at radius 2 is 2.00 bits per heavy atom. The molecule has 0 fully saturated rings. The molecule has 3 rings (SSSR count). The van der Waals surface area contributed by atoms with Crippen LogP contribution in [0.2, 0.25) is 0 Å². The summed E-state index contributed by atoms with van der Waals surface area (Å²) in [7, 11) is 0. The standard InChI is InChI=1S/C21H23N3O3/c1-4-24-19-9-8-16(13-18(19)23-15(3)21(24)26)20(25)22-10-11-27-17-7-5-6-14(2)12-17/h5-9,12-13H,4,10-11H2,1-3H3,(H,22,25). The zero-order valence-corrected chi connectivity index (χ0v) is 15.8. The smallest absolute Gasteiger partial charge is 0.272 e. The van der Waals surface area contributed by atoms with Crippen molar-refractivity contribution in [3.63, 3.8) is 0 Å². The van der Waals surface area contributed by atoms with Crippen molar-refractivity contribution in [2.45, 2.75) is 27.3 Å². The van der Waals surface area contributed by atoms with Crippen molar-refractivity contribution in [3.8, 4) is 5.75 Å². The van der Waals surface area contributed by atoms with Crippen molar-refractivity contribution in [2.75, 3.05) is 13.2 Å². The van der Waals surface area contributed by atoms with Gasteiger partial charge in [-0.05, 0) is 56.7 Å². The summed E-state index contributed by atoms with van der Waals surface area (Å²) in [4.78, 5) is 28.9. The Bertz CT molecular complexity index is 1040. The molecule has 0 unspecified atom stereocenters. The quantitative estimate of drug-likeness (QED) is 0.682. The number of aryl methyl sites for hydroxylation is 3. The summed E-state index contributed by atoms with van der Waals surface area (Å²) in [5.41, 5.74) is 3.32. The van der Waals surface area contributed by atoms with Gasteiger partial charge in [-0.2, -0.15) is 0 Å². The fourth-order valence-corrected chi connectivity index (χ4v) is 2.97. The average Bonchev–Trinajstić information content (AvgIpc) is 2.66. The number of carbonyl (C=O) groups excluding carboxylic acids is 1. The second-order valence-electron chi connectivity index (χ2n) is 6.37. The van der Waals surface area contributed by atoms with Crippen LogP contribution in [0.15, 0.2) is 47.3 Å². The third-order valence-electron chi connectivity index (χ3n) is 4.33. The largest absolute Gasteiger partial charge is 0.492 e. The van der Waals surface area contributed by atoms with E-state index < -0.39 is 0 Å². The first-order valence-electron chi connectivity index (χ1n) is 8.98. The molecule has 1 aromatic heterocycles. The van der Waals surface area contributed by atoms with Gasteiger partial charge in [0.1, 0.15) is 18.1 Å². The van der Waals surface area contributed by atoms with Gasteiger partial charge in [0.25, 0.3) is 11.5 Å². The average molecular weight is 365 g/mol. The van der Waals surface area contributed by atoms with Crippen LogP contribution in [-0.4, -0.2) is 28.6 Å². The molecule has 0 radical (unpaired) electrons.